The van der Waals surface area contributed by atoms with E-state index in [1.54, 1.807) is 13.3 Å². The van der Waals surface area contributed by atoms with Crippen LogP contribution in [0.4, 0.5) is 5.82 Å². The number of rotatable bonds is 7. The Hall–Kier alpha value is -0.810. The van der Waals surface area contributed by atoms with Gasteiger partial charge in [0.1, 0.15) is 0 Å². The van der Waals surface area contributed by atoms with E-state index in [4.69, 9.17) is 9.47 Å². The van der Waals surface area contributed by atoms with E-state index >= 15 is 0 Å². The van der Waals surface area contributed by atoms with Gasteiger partial charge >= 0.3 is 0 Å². The first-order valence-corrected chi connectivity index (χ1v) is 6.52. The first-order chi connectivity index (χ1) is 8.19. The van der Waals surface area contributed by atoms with Gasteiger partial charge in [0.05, 0.1) is 18.0 Å². The molecule has 17 heavy (non-hydrogen) atoms. The number of nitrogens with zero attached hydrogens (tertiary/aromatic N) is 2. The Morgan fingerprint density at radius 2 is 2.29 bits per heavy atom. The van der Waals surface area contributed by atoms with E-state index in [-0.39, 0.29) is 4.83 Å². The highest BCUT2D eigenvalue weighted by molar-refractivity contribution is 9.09. The number of halogens is 1. The molecular formula is C12H19BrN2O2. The second kappa shape index (κ2) is 7.50. The van der Waals surface area contributed by atoms with Crippen LogP contribution in [0.3, 0.4) is 0 Å². The molecule has 1 aromatic rings. The van der Waals surface area contributed by atoms with Crippen LogP contribution in [0.1, 0.15) is 6.92 Å². The summed E-state index contributed by atoms with van der Waals surface area (Å²) in [5.74, 6) is 1.67. The second-order valence-corrected chi connectivity index (χ2v) is 4.99. The van der Waals surface area contributed by atoms with Crippen LogP contribution in [0, 0.1) is 0 Å². The minimum absolute atomic E-state index is 0.272. The molecule has 1 unspecified atom stereocenters. The molecule has 96 valence electrons. The number of ether oxygens (including phenoxy) is 2. The van der Waals surface area contributed by atoms with E-state index in [1.807, 2.05) is 26.1 Å². The molecular weight excluding hydrogens is 284 g/mol. The van der Waals surface area contributed by atoms with Crippen molar-refractivity contribution in [2.75, 3.05) is 38.8 Å². The lowest BCUT2D eigenvalue weighted by molar-refractivity contribution is 0.201. The molecule has 0 saturated carbocycles. The van der Waals surface area contributed by atoms with E-state index in [9.17, 15) is 0 Å². The van der Waals surface area contributed by atoms with Crippen molar-refractivity contribution < 1.29 is 9.47 Å². The number of hydrogen-bond acceptors (Lipinski definition) is 4. The summed E-state index contributed by atoms with van der Waals surface area (Å²) in [6.07, 6.45) is 1.77. The van der Waals surface area contributed by atoms with Crippen LogP contribution in [0.2, 0.25) is 0 Å². The summed E-state index contributed by atoms with van der Waals surface area (Å²) in [7, 11) is 3.69. The van der Waals surface area contributed by atoms with Crippen LogP contribution in [0.25, 0.3) is 0 Å². The Morgan fingerprint density at radius 1 is 1.53 bits per heavy atom. The summed E-state index contributed by atoms with van der Waals surface area (Å²) >= 11 is 3.56. The Bertz CT molecular complexity index is 336. The third-order valence-electron chi connectivity index (χ3n) is 2.23. The van der Waals surface area contributed by atoms with Gasteiger partial charge in [0.2, 0.25) is 0 Å². The summed E-state index contributed by atoms with van der Waals surface area (Å²) in [5, 5.41) is 0. The number of methoxy groups -OCH3 is 1. The van der Waals surface area contributed by atoms with Crippen LogP contribution >= 0.6 is 15.9 Å². The maximum atomic E-state index is 5.55. The van der Waals surface area contributed by atoms with E-state index in [0.29, 0.717) is 13.2 Å². The van der Waals surface area contributed by atoms with Gasteiger partial charge < -0.3 is 14.4 Å². The molecule has 0 aliphatic rings. The minimum Gasteiger partial charge on any atom is -0.490 e. The molecule has 1 aromatic heterocycles. The Kier molecular flexibility index (Phi) is 6.29. The van der Waals surface area contributed by atoms with Gasteiger partial charge in [0.15, 0.2) is 11.6 Å². The molecule has 5 heteroatoms. The van der Waals surface area contributed by atoms with Crippen LogP contribution in [0.5, 0.6) is 5.75 Å². The lowest BCUT2D eigenvalue weighted by atomic mass is 10.3. The van der Waals surface area contributed by atoms with Crippen molar-refractivity contribution in [1.29, 1.82) is 0 Å². The average Bonchev–Trinajstić information content (AvgIpc) is 2.30. The third-order valence-corrected chi connectivity index (χ3v) is 2.79. The normalized spacial score (nSPS) is 12.2. The fourth-order valence-electron chi connectivity index (χ4n) is 1.55. The SMILES string of the molecule is CCOc1cccnc1N(C)CC(Br)COC. The second-order valence-electron chi connectivity index (χ2n) is 3.69. The van der Waals surface area contributed by atoms with Gasteiger partial charge in [-0.3, -0.25) is 0 Å². The lowest BCUT2D eigenvalue weighted by Gasteiger charge is -2.23. The van der Waals surface area contributed by atoms with Gasteiger partial charge in [-0.15, -0.1) is 0 Å². The predicted molar refractivity (Wildman–Crippen MR) is 73.3 cm³/mol. The number of anilines is 1. The van der Waals surface area contributed by atoms with Crippen LogP contribution in [0.15, 0.2) is 18.3 Å². The van der Waals surface area contributed by atoms with Gasteiger partial charge in [0, 0.05) is 26.9 Å². The number of hydrogen-bond donors (Lipinski definition) is 0. The molecule has 0 fully saturated rings. The molecule has 0 aliphatic carbocycles. The summed E-state index contributed by atoms with van der Waals surface area (Å²) in [5.41, 5.74) is 0. The first kappa shape index (κ1) is 14.3. The molecule has 0 radical (unpaired) electrons. The van der Waals surface area contributed by atoms with Crippen molar-refractivity contribution in [3.05, 3.63) is 18.3 Å². The molecule has 1 rings (SSSR count). The average molecular weight is 303 g/mol. The summed E-state index contributed by atoms with van der Waals surface area (Å²) in [6.45, 7) is 4.09. The van der Waals surface area contributed by atoms with Gasteiger partial charge in [-0.05, 0) is 19.1 Å². The summed E-state index contributed by atoms with van der Waals surface area (Å²) in [4.78, 5) is 6.68. The molecule has 0 aliphatic heterocycles. The monoisotopic (exact) mass is 302 g/mol. The van der Waals surface area contributed by atoms with Crippen molar-refractivity contribution in [3.8, 4) is 5.75 Å². The largest absolute Gasteiger partial charge is 0.490 e. The smallest absolute Gasteiger partial charge is 0.171 e. The fourth-order valence-corrected chi connectivity index (χ4v) is 2.25. The Balaban J connectivity index is 2.70. The molecule has 4 nitrogen and oxygen atoms in total. The van der Waals surface area contributed by atoms with E-state index < -0.39 is 0 Å². The van der Waals surface area contributed by atoms with Crippen molar-refractivity contribution >= 4 is 21.7 Å². The van der Waals surface area contributed by atoms with Crippen molar-refractivity contribution in [3.63, 3.8) is 0 Å². The fraction of sp³-hybridized carbons (Fsp3) is 0.583. The molecule has 0 saturated heterocycles. The quantitative estimate of drug-likeness (QED) is 0.724. The van der Waals surface area contributed by atoms with Gasteiger partial charge in [-0.25, -0.2) is 4.98 Å². The molecule has 0 aromatic carbocycles. The standard InChI is InChI=1S/C12H19BrN2O2/c1-4-17-11-6-5-7-14-12(11)15(2)8-10(13)9-16-3/h5-7,10H,4,8-9H2,1-3H3. The maximum absolute atomic E-state index is 5.55. The summed E-state index contributed by atoms with van der Waals surface area (Å²) in [6, 6.07) is 3.81. The minimum atomic E-state index is 0.272. The highest BCUT2D eigenvalue weighted by Crippen LogP contribution is 2.24. The predicted octanol–water partition coefficient (Wildman–Crippen LogP) is 2.33. The van der Waals surface area contributed by atoms with Crippen molar-refractivity contribution in [1.82, 2.24) is 4.98 Å². The maximum Gasteiger partial charge on any atom is 0.171 e. The Morgan fingerprint density at radius 3 is 2.94 bits per heavy atom. The lowest BCUT2D eigenvalue weighted by Crippen LogP contribution is -2.29. The van der Waals surface area contributed by atoms with Gasteiger partial charge in [-0.1, -0.05) is 15.9 Å². The zero-order chi connectivity index (χ0) is 12.7. The zero-order valence-electron chi connectivity index (χ0n) is 10.5. The van der Waals surface area contributed by atoms with Crippen molar-refractivity contribution in [2.24, 2.45) is 0 Å². The molecule has 1 atom stereocenters. The van der Waals surface area contributed by atoms with Crippen LogP contribution < -0.4 is 9.64 Å². The van der Waals surface area contributed by atoms with Gasteiger partial charge in [-0.2, -0.15) is 0 Å². The number of pyridine rings is 1. The van der Waals surface area contributed by atoms with E-state index in [2.05, 4.69) is 25.8 Å². The topological polar surface area (TPSA) is 34.6 Å². The molecule has 0 spiro atoms. The first-order valence-electron chi connectivity index (χ1n) is 5.61. The van der Waals surface area contributed by atoms with Crippen molar-refractivity contribution in [2.45, 2.75) is 11.8 Å². The zero-order valence-corrected chi connectivity index (χ0v) is 12.1. The van der Waals surface area contributed by atoms with Crippen LogP contribution in [-0.4, -0.2) is 43.7 Å². The highest BCUT2D eigenvalue weighted by Gasteiger charge is 2.13. The number of aromatic nitrogens is 1. The number of alkyl halides is 1. The molecule has 0 bridgehead atoms. The molecule has 0 N–H and O–H groups in total. The van der Waals surface area contributed by atoms with Gasteiger partial charge in [0.25, 0.3) is 0 Å². The highest BCUT2D eigenvalue weighted by atomic mass is 79.9. The Labute approximate surface area is 111 Å². The van der Waals surface area contributed by atoms with E-state index in [0.717, 1.165) is 18.1 Å². The third kappa shape index (κ3) is 4.52. The van der Waals surface area contributed by atoms with E-state index in [1.165, 1.54) is 0 Å². The molecule has 0 amide bonds. The summed E-state index contributed by atoms with van der Waals surface area (Å²) < 4.78 is 10.6. The molecule has 1 heterocycles. The van der Waals surface area contributed by atoms with Crippen LogP contribution in [-0.2, 0) is 4.74 Å².